The molecule has 0 bridgehead atoms. The van der Waals surface area contributed by atoms with Gasteiger partial charge in [-0.25, -0.2) is 19.7 Å². The van der Waals surface area contributed by atoms with Crippen molar-refractivity contribution in [3.05, 3.63) is 113 Å². The van der Waals surface area contributed by atoms with Crippen LogP contribution >= 0.6 is 69.6 Å². The number of rotatable bonds is 14. The number of aliphatic hydroxyl groups is 1. The molecule has 0 unspecified atom stereocenters. The summed E-state index contributed by atoms with van der Waals surface area (Å²) in [5.74, 6) is -2.02. The number of allylic oxidation sites excluding steroid dienone is 6. The summed E-state index contributed by atoms with van der Waals surface area (Å²) in [5.41, 5.74) is 5.71. The number of carbonyl (C=O) groups excluding carboxylic acids is 2. The maximum Gasteiger partial charge on any atom is 0.376 e. The van der Waals surface area contributed by atoms with Crippen molar-refractivity contribution in [3.8, 4) is 0 Å². The lowest BCUT2D eigenvalue weighted by Crippen LogP contribution is -2.23. The van der Waals surface area contributed by atoms with Gasteiger partial charge >= 0.3 is 5.97 Å². The fourth-order valence-corrected chi connectivity index (χ4v) is 5.78. The van der Waals surface area contributed by atoms with Crippen LogP contribution in [0.15, 0.2) is 84.0 Å². The largest absolute Gasteiger partial charge is 0.460 e. The van der Waals surface area contributed by atoms with Gasteiger partial charge < -0.3 is 19.6 Å². The van der Waals surface area contributed by atoms with Crippen LogP contribution in [0.4, 0.5) is 11.4 Å². The average molecular weight is 842 g/mol. The Hall–Kier alpha value is -3.15. The highest BCUT2D eigenvalue weighted by molar-refractivity contribution is 6.67. The van der Waals surface area contributed by atoms with Gasteiger partial charge in [0.15, 0.2) is 17.4 Å². The molecule has 0 saturated heterocycles. The maximum atomic E-state index is 13.2. The highest BCUT2D eigenvalue weighted by atomic mass is 35.6. The average Bonchev–Trinajstić information content (AvgIpc) is 3.13. The van der Waals surface area contributed by atoms with E-state index in [0.717, 1.165) is 65.9 Å². The Kier molecular flexibility index (Phi) is 16.0. The Balaban J connectivity index is 1.25. The summed E-state index contributed by atoms with van der Waals surface area (Å²) in [6.45, 7) is 1.60. The number of ketones is 1. The highest BCUT2D eigenvalue weighted by Gasteiger charge is 2.35. The molecule has 0 spiro atoms. The quantitative estimate of drug-likeness (QED) is 0.0736. The SMILES string of the molecule is CN(CCCO)c1ccc(/C=C/C=C2\CCC/C(=C\C=C\c3ccc(N(C)CCCOC(=O)c4nc(C(Cl)(Cl)Cl)nc(C(Cl)(Cl)Cl)n4)cc3)C2=O)cc1. The summed E-state index contributed by atoms with van der Waals surface area (Å²) in [7, 11) is 3.93. The fraction of sp³-hybridized carbons (Fsp3) is 0.342. The minimum Gasteiger partial charge on any atom is -0.460 e. The first-order valence-corrected chi connectivity index (χ1v) is 19.0. The zero-order valence-electron chi connectivity index (χ0n) is 29.1. The number of hydrogen-bond donors (Lipinski definition) is 1. The lowest BCUT2D eigenvalue weighted by atomic mass is 9.88. The first kappa shape index (κ1) is 42.6. The Morgan fingerprint density at radius 1 is 0.755 bits per heavy atom. The zero-order valence-corrected chi connectivity index (χ0v) is 33.7. The molecule has 1 aliphatic rings. The van der Waals surface area contributed by atoms with Gasteiger partial charge in [0, 0.05) is 45.2 Å². The number of aromatic nitrogens is 3. The van der Waals surface area contributed by atoms with Crippen LogP contribution in [0.25, 0.3) is 12.2 Å². The summed E-state index contributed by atoms with van der Waals surface area (Å²) < 4.78 is 1.13. The number of aliphatic hydroxyl groups excluding tert-OH is 1. The summed E-state index contributed by atoms with van der Waals surface area (Å²) in [4.78, 5) is 41.5. The van der Waals surface area contributed by atoms with Crippen molar-refractivity contribution in [2.24, 2.45) is 0 Å². The molecule has 282 valence electrons. The van der Waals surface area contributed by atoms with Gasteiger partial charge in [-0.15, -0.1) is 0 Å². The van der Waals surface area contributed by atoms with Gasteiger partial charge in [-0.1, -0.05) is 130 Å². The van der Waals surface area contributed by atoms with E-state index in [1.54, 1.807) is 0 Å². The number of benzene rings is 2. The van der Waals surface area contributed by atoms with Crippen LogP contribution in [0.1, 0.15) is 65.5 Å². The third-order valence-corrected chi connectivity index (χ3v) is 9.18. The van der Waals surface area contributed by atoms with Crippen molar-refractivity contribution in [3.63, 3.8) is 0 Å². The van der Waals surface area contributed by atoms with Crippen LogP contribution in [0.3, 0.4) is 0 Å². The van der Waals surface area contributed by atoms with Crippen molar-refractivity contribution in [2.75, 3.05) is 50.2 Å². The number of nitrogens with zero attached hydrogens (tertiary/aromatic N) is 5. The molecule has 1 aromatic heterocycles. The van der Waals surface area contributed by atoms with Crippen molar-refractivity contribution >= 4 is 105 Å². The molecule has 0 atom stereocenters. The Bertz CT molecular complexity index is 1800. The monoisotopic (exact) mass is 839 g/mol. The molecule has 1 saturated carbocycles. The van der Waals surface area contributed by atoms with Crippen LogP contribution in [0.2, 0.25) is 0 Å². The fourth-order valence-electron chi connectivity index (χ4n) is 5.27. The van der Waals surface area contributed by atoms with Crippen LogP contribution in [-0.4, -0.2) is 72.2 Å². The molecule has 0 aliphatic heterocycles. The number of halogens is 6. The Morgan fingerprint density at radius 2 is 1.21 bits per heavy atom. The molecule has 1 heterocycles. The van der Waals surface area contributed by atoms with Crippen LogP contribution < -0.4 is 9.80 Å². The van der Waals surface area contributed by atoms with E-state index in [4.69, 9.17) is 79.4 Å². The first-order chi connectivity index (χ1) is 25.2. The first-order valence-electron chi connectivity index (χ1n) is 16.8. The van der Waals surface area contributed by atoms with E-state index < -0.39 is 19.4 Å². The minimum absolute atomic E-state index is 0.0571. The predicted octanol–water partition coefficient (Wildman–Crippen LogP) is 9.36. The number of esters is 1. The lowest BCUT2D eigenvalue weighted by Gasteiger charge is -2.19. The van der Waals surface area contributed by atoms with E-state index in [0.29, 0.717) is 13.0 Å². The van der Waals surface area contributed by atoms with Crippen LogP contribution in [-0.2, 0) is 17.1 Å². The van der Waals surface area contributed by atoms with Gasteiger partial charge in [0.05, 0.1) is 6.61 Å². The Labute approximate surface area is 339 Å². The van der Waals surface area contributed by atoms with Gasteiger partial charge in [0.2, 0.25) is 13.4 Å². The third-order valence-electron chi connectivity index (χ3n) is 8.16. The molecule has 1 aliphatic carbocycles. The number of ether oxygens (including phenoxy) is 1. The lowest BCUT2D eigenvalue weighted by molar-refractivity contribution is -0.113. The van der Waals surface area contributed by atoms with E-state index in [9.17, 15) is 9.59 Å². The molecule has 1 N–H and O–H groups in total. The molecular weight excluding hydrogens is 803 g/mol. The smallest absolute Gasteiger partial charge is 0.376 e. The van der Waals surface area contributed by atoms with Gasteiger partial charge in [-0.2, -0.15) is 0 Å². The van der Waals surface area contributed by atoms with E-state index in [1.165, 1.54) is 0 Å². The van der Waals surface area contributed by atoms with Crippen molar-refractivity contribution in [1.29, 1.82) is 0 Å². The molecule has 9 nitrogen and oxygen atoms in total. The molecular formula is C38H39Cl6N5O4. The molecule has 0 radical (unpaired) electrons. The number of anilines is 2. The van der Waals surface area contributed by atoms with Crippen molar-refractivity contribution in [2.45, 2.75) is 39.7 Å². The summed E-state index contributed by atoms with van der Waals surface area (Å²) >= 11 is 35.2. The molecule has 0 amide bonds. The maximum absolute atomic E-state index is 13.2. The number of alkyl halides is 6. The van der Waals surface area contributed by atoms with Gasteiger partial charge in [-0.3, -0.25) is 4.79 Å². The van der Waals surface area contributed by atoms with Gasteiger partial charge in [-0.05, 0) is 78.6 Å². The summed E-state index contributed by atoms with van der Waals surface area (Å²) in [5, 5.41) is 9.05. The predicted molar refractivity (Wildman–Crippen MR) is 217 cm³/mol. The standard InChI is InChI=1S/C38H39Cl6N5O4/c1-48(22-6-24-50)30-18-14-26(15-19-30)8-3-10-28-12-5-13-29(32(28)51)11-4-9-27-16-20-31(21-17-27)49(2)23-7-25-53-34(52)33-45-35(37(39,40)41)47-36(46-33)38(42,43)44/h3-4,8-11,14-21,50H,5-7,12-13,22-25H2,1-2H3/b8-3+,9-4+,28-10+,29-11+. The van der Waals surface area contributed by atoms with E-state index in [1.807, 2.05) is 91.8 Å². The molecule has 4 rings (SSSR count). The molecule has 3 aromatic rings. The van der Waals surface area contributed by atoms with E-state index in [-0.39, 0.29) is 30.6 Å². The van der Waals surface area contributed by atoms with E-state index >= 15 is 0 Å². The van der Waals surface area contributed by atoms with Crippen molar-refractivity contribution in [1.82, 2.24) is 15.0 Å². The number of Topliss-reactive ketones (excluding diaryl/α,β-unsaturated/α-hetero) is 1. The number of carbonyl (C=O) groups is 2. The second-order valence-corrected chi connectivity index (χ2v) is 16.7. The summed E-state index contributed by atoms with van der Waals surface area (Å²) in [6.07, 6.45) is 15.3. The molecule has 2 aromatic carbocycles. The summed E-state index contributed by atoms with van der Waals surface area (Å²) in [6, 6.07) is 16.2. The van der Waals surface area contributed by atoms with Crippen LogP contribution in [0.5, 0.6) is 0 Å². The van der Waals surface area contributed by atoms with Crippen LogP contribution in [0, 0.1) is 0 Å². The number of hydrogen-bond acceptors (Lipinski definition) is 9. The molecule has 1 fully saturated rings. The second-order valence-electron chi connectivity index (χ2n) is 12.2. The van der Waals surface area contributed by atoms with Crippen molar-refractivity contribution < 1.29 is 19.4 Å². The molecule has 15 heteroatoms. The highest BCUT2D eigenvalue weighted by Crippen LogP contribution is 2.40. The third kappa shape index (κ3) is 13.3. The zero-order chi connectivity index (χ0) is 38.6. The van der Waals surface area contributed by atoms with Gasteiger partial charge in [0.1, 0.15) is 0 Å². The normalized spacial score (nSPS) is 15.5. The minimum atomic E-state index is -2.09. The topological polar surface area (TPSA) is 109 Å². The Morgan fingerprint density at radius 3 is 1.64 bits per heavy atom. The van der Waals surface area contributed by atoms with Gasteiger partial charge in [0.25, 0.3) is 0 Å². The second kappa shape index (κ2) is 20.0. The van der Waals surface area contributed by atoms with E-state index in [2.05, 4.69) is 32.0 Å². The molecule has 53 heavy (non-hydrogen) atoms.